The molecule has 0 atom stereocenters. The Morgan fingerprint density at radius 3 is 2.54 bits per heavy atom. The molecule has 1 aromatic rings. The average molecular weight is 238 g/mol. The maximum absolute atomic E-state index is 3.39. The Balaban J connectivity index is 2.47. The van der Waals surface area contributed by atoms with Crippen molar-refractivity contribution < 1.29 is 0 Å². The molecular weight excluding hydrogens is 226 g/mol. The second-order valence-corrected chi connectivity index (χ2v) is 3.60. The van der Waals surface area contributed by atoms with E-state index in [9.17, 15) is 0 Å². The van der Waals surface area contributed by atoms with E-state index in [0.717, 1.165) is 17.4 Å². The van der Waals surface area contributed by atoms with Crippen LogP contribution < -0.4 is 5.32 Å². The minimum Gasteiger partial charge on any atom is -0.309 e. The highest BCUT2D eigenvalue weighted by Crippen LogP contribution is 2.10. The van der Waals surface area contributed by atoms with E-state index in [1.165, 1.54) is 5.56 Å². The minimum absolute atomic E-state index is 0.760. The molecule has 1 nitrogen and oxygen atoms in total. The average Bonchev–Trinajstić information content (AvgIpc) is 2.15. The van der Waals surface area contributed by atoms with Crippen molar-refractivity contribution in [2.75, 3.05) is 13.6 Å². The van der Waals surface area contributed by atoms with Gasteiger partial charge in [0.1, 0.15) is 0 Å². The van der Waals surface area contributed by atoms with Crippen LogP contribution in [0.1, 0.15) is 5.56 Å². The van der Waals surface area contributed by atoms with Gasteiger partial charge in [-0.1, -0.05) is 39.9 Å². The lowest BCUT2D eigenvalue weighted by Gasteiger charge is -1.94. The molecule has 0 aliphatic carbocycles. The summed E-state index contributed by atoms with van der Waals surface area (Å²) in [5.41, 5.74) is 1.26. The summed E-state index contributed by atoms with van der Waals surface area (Å²) in [6.07, 6.45) is 0.828. The molecular formula is C11H12BrN. The first-order chi connectivity index (χ1) is 6.33. The summed E-state index contributed by atoms with van der Waals surface area (Å²) in [6, 6.07) is 8.24. The van der Waals surface area contributed by atoms with Gasteiger partial charge in [-0.2, -0.15) is 0 Å². The number of nitrogens with one attached hydrogen (secondary N) is 1. The van der Waals surface area contributed by atoms with Gasteiger partial charge in [0.2, 0.25) is 0 Å². The number of benzene rings is 1. The second kappa shape index (κ2) is 5.80. The summed E-state index contributed by atoms with van der Waals surface area (Å²) >= 11 is 3.39. The van der Waals surface area contributed by atoms with Crippen LogP contribution in [-0.4, -0.2) is 13.6 Å². The molecule has 13 heavy (non-hydrogen) atoms. The largest absolute Gasteiger partial charge is 0.309 e. The van der Waals surface area contributed by atoms with Crippen molar-refractivity contribution in [2.45, 2.75) is 6.42 Å². The van der Waals surface area contributed by atoms with Crippen LogP contribution in [-0.2, 0) is 6.42 Å². The van der Waals surface area contributed by atoms with Crippen LogP contribution in [0.15, 0.2) is 28.7 Å². The topological polar surface area (TPSA) is 12.0 Å². The Morgan fingerprint density at radius 2 is 1.92 bits per heavy atom. The summed E-state index contributed by atoms with van der Waals surface area (Å²) in [7, 11) is 1.90. The first-order valence-corrected chi connectivity index (χ1v) is 4.97. The highest BCUT2D eigenvalue weighted by molar-refractivity contribution is 9.10. The Morgan fingerprint density at radius 1 is 1.23 bits per heavy atom. The lowest BCUT2D eigenvalue weighted by atomic mass is 10.2. The first-order valence-electron chi connectivity index (χ1n) is 4.17. The van der Waals surface area contributed by atoms with Crippen molar-refractivity contribution in [3.8, 4) is 11.8 Å². The van der Waals surface area contributed by atoms with Crippen molar-refractivity contribution in [2.24, 2.45) is 0 Å². The minimum atomic E-state index is 0.760. The molecule has 0 saturated carbocycles. The maximum atomic E-state index is 3.39. The van der Waals surface area contributed by atoms with Gasteiger partial charge in [-0.3, -0.25) is 0 Å². The van der Waals surface area contributed by atoms with Gasteiger partial charge in [0.25, 0.3) is 0 Å². The SMILES string of the molecule is CNCC#CCc1ccc(Br)cc1. The van der Waals surface area contributed by atoms with Crippen LogP contribution in [0.4, 0.5) is 0 Å². The molecule has 0 aliphatic rings. The molecule has 1 N–H and O–H groups in total. The Hall–Kier alpha value is -0.780. The highest BCUT2D eigenvalue weighted by Gasteiger charge is 1.88. The van der Waals surface area contributed by atoms with Crippen LogP contribution in [0.2, 0.25) is 0 Å². The molecule has 2 heteroatoms. The summed E-state index contributed by atoms with van der Waals surface area (Å²) in [5, 5.41) is 2.98. The fourth-order valence-corrected chi connectivity index (χ4v) is 1.18. The molecule has 0 spiro atoms. The maximum Gasteiger partial charge on any atom is 0.0574 e. The van der Waals surface area contributed by atoms with E-state index in [1.54, 1.807) is 0 Å². The lowest BCUT2D eigenvalue weighted by molar-refractivity contribution is 0.937. The molecule has 0 fully saturated rings. The van der Waals surface area contributed by atoms with Crippen molar-refractivity contribution in [1.29, 1.82) is 0 Å². The van der Waals surface area contributed by atoms with E-state index in [4.69, 9.17) is 0 Å². The normalized spacial score (nSPS) is 9.08. The molecule has 0 heterocycles. The molecule has 0 aliphatic heterocycles. The van der Waals surface area contributed by atoms with Crippen LogP contribution in [0.3, 0.4) is 0 Å². The van der Waals surface area contributed by atoms with E-state index < -0.39 is 0 Å². The van der Waals surface area contributed by atoms with E-state index >= 15 is 0 Å². The Bertz CT molecular complexity index is 305. The van der Waals surface area contributed by atoms with Crippen LogP contribution in [0, 0.1) is 11.8 Å². The number of hydrogen-bond donors (Lipinski definition) is 1. The summed E-state index contributed by atoms with van der Waals surface area (Å²) < 4.78 is 1.11. The van der Waals surface area contributed by atoms with Crippen LogP contribution in [0.25, 0.3) is 0 Å². The summed E-state index contributed by atoms with van der Waals surface area (Å²) in [4.78, 5) is 0. The van der Waals surface area contributed by atoms with E-state index in [0.29, 0.717) is 0 Å². The van der Waals surface area contributed by atoms with Gasteiger partial charge in [-0.25, -0.2) is 0 Å². The zero-order chi connectivity index (χ0) is 9.52. The Kier molecular flexibility index (Phi) is 4.59. The standard InChI is InChI=1S/C11H12BrN/c1-13-9-3-2-4-10-5-7-11(12)8-6-10/h5-8,13H,4,9H2,1H3. The van der Waals surface area contributed by atoms with Gasteiger partial charge in [0.05, 0.1) is 6.54 Å². The van der Waals surface area contributed by atoms with E-state index in [1.807, 2.05) is 19.2 Å². The predicted octanol–water partition coefficient (Wildman–Crippen LogP) is 2.21. The second-order valence-electron chi connectivity index (χ2n) is 2.69. The third-order valence-electron chi connectivity index (χ3n) is 1.60. The lowest BCUT2D eigenvalue weighted by Crippen LogP contribution is -2.04. The first kappa shape index (κ1) is 10.3. The third kappa shape index (κ3) is 4.12. The zero-order valence-electron chi connectivity index (χ0n) is 7.60. The zero-order valence-corrected chi connectivity index (χ0v) is 9.19. The van der Waals surface area contributed by atoms with Crippen LogP contribution >= 0.6 is 15.9 Å². The number of halogens is 1. The molecule has 68 valence electrons. The Labute approximate surface area is 87.7 Å². The fraction of sp³-hybridized carbons (Fsp3) is 0.273. The van der Waals surface area contributed by atoms with Gasteiger partial charge in [-0.05, 0) is 24.7 Å². The molecule has 0 bridgehead atoms. The van der Waals surface area contributed by atoms with Crippen LogP contribution in [0.5, 0.6) is 0 Å². The monoisotopic (exact) mass is 237 g/mol. The smallest absolute Gasteiger partial charge is 0.0574 e. The number of rotatable bonds is 2. The molecule has 0 aromatic heterocycles. The molecule has 0 saturated heterocycles. The van der Waals surface area contributed by atoms with Gasteiger partial charge >= 0.3 is 0 Å². The van der Waals surface area contributed by atoms with Gasteiger partial charge in [0, 0.05) is 10.9 Å². The van der Waals surface area contributed by atoms with Gasteiger partial charge in [-0.15, -0.1) is 0 Å². The third-order valence-corrected chi connectivity index (χ3v) is 2.12. The van der Waals surface area contributed by atoms with Crippen molar-refractivity contribution >= 4 is 15.9 Å². The molecule has 0 amide bonds. The van der Waals surface area contributed by atoms with Crippen molar-refractivity contribution in [3.05, 3.63) is 34.3 Å². The van der Waals surface area contributed by atoms with E-state index in [-0.39, 0.29) is 0 Å². The molecule has 0 radical (unpaired) electrons. The predicted molar refractivity (Wildman–Crippen MR) is 59.5 cm³/mol. The molecule has 1 rings (SSSR count). The van der Waals surface area contributed by atoms with E-state index in [2.05, 4.69) is 45.2 Å². The summed E-state index contributed by atoms with van der Waals surface area (Å²) in [6.45, 7) is 0.760. The quantitative estimate of drug-likeness (QED) is 0.779. The van der Waals surface area contributed by atoms with Crippen molar-refractivity contribution in [3.63, 3.8) is 0 Å². The highest BCUT2D eigenvalue weighted by atomic mass is 79.9. The van der Waals surface area contributed by atoms with Gasteiger partial charge < -0.3 is 5.32 Å². The number of hydrogen-bond acceptors (Lipinski definition) is 1. The van der Waals surface area contributed by atoms with Crippen molar-refractivity contribution in [1.82, 2.24) is 5.32 Å². The van der Waals surface area contributed by atoms with Gasteiger partial charge in [0.15, 0.2) is 0 Å². The fourth-order valence-electron chi connectivity index (χ4n) is 0.918. The summed E-state index contributed by atoms with van der Waals surface area (Å²) in [5.74, 6) is 6.12. The molecule has 0 unspecified atom stereocenters. The molecule has 1 aromatic carbocycles.